The molecule has 2 rings (SSSR count). The van der Waals surface area contributed by atoms with E-state index in [9.17, 15) is 0 Å². The van der Waals surface area contributed by atoms with Gasteiger partial charge in [-0.2, -0.15) is 0 Å². The highest BCUT2D eigenvalue weighted by Gasteiger charge is 2.27. The molecule has 0 aliphatic heterocycles. The predicted octanol–water partition coefficient (Wildman–Crippen LogP) is 3.01. The van der Waals surface area contributed by atoms with E-state index in [1.807, 2.05) is 0 Å². The first kappa shape index (κ1) is 13.4. The summed E-state index contributed by atoms with van der Waals surface area (Å²) in [6.45, 7) is 3.69. The van der Waals surface area contributed by atoms with Gasteiger partial charge in [0.1, 0.15) is 0 Å². The SMILES string of the molecule is CC1CCCCC1N(C)CCC1CCCC1N. The van der Waals surface area contributed by atoms with Crippen LogP contribution in [-0.4, -0.2) is 30.6 Å². The zero-order chi connectivity index (χ0) is 12.3. The van der Waals surface area contributed by atoms with E-state index in [1.54, 1.807) is 0 Å². The molecule has 4 unspecified atom stereocenters. The largest absolute Gasteiger partial charge is 0.327 e. The molecule has 100 valence electrons. The molecule has 0 aromatic rings. The van der Waals surface area contributed by atoms with Crippen molar-refractivity contribution in [3.05, 3.63) is 0 Å². The van der Waals surface area contributed by atoms with Crippen molar-refractivity contribution in [3.8, 4) is 0 Å². The van der Waals surface area contributed by atoms with Crippen molar-refractivity contribution in [1.29, 1.82) is 0 Å². The average Bonchev–Trinajstić information content (AvgIpc) is 2.72. The molecule has 0 aromatic carbocycles. The van der Waals surface area contributed by atoms with Gasteiger partial charge in [-0.15, -0.1) is 0 Å². The zero-order valence-electron chi connectivity index (χ0n) is 11.7. The first-order chi connectivity index (χ1) is 8.18. The summed E-state index contributed by atoms with van der Waals surface area (Å²) in [5.74, 6) is 1.70. The third kappa shape index (κ3) is 3.45. The molecule has 2 aliphatic carbocycles. The highest BCUT2D eigenvalue weighted by Crippen LogP contribution is 2.30. The van der Waals surface area contributed by atoms with Crippen LogP contribution in [-0.2, 0) is 0 Å². The van der Waals surface area contributed by atoms with Crippen LogP contribution in [0.2, 0.25) is 0 Å². The lowest BCUT2D eigenvalue weighted by Crippen LogP contribution is -2.40. The van der Waals surface area contributed by atoms with Crippen molar-refractivity contribution < 1.29 is 0 Å². The van der Waals surface area contributed by atoms with Gasteiger partial charge in [0.05, 0.1) is 0 Å². The van der Waals surface area contributed by atoms with Crippen molar-refractivity contribution in [3.63, 3.8) is 0 Å². The molecule has 2 saturated carbocycles. The molecule has 0 radical (unpaired) electrons. The Balaban J connectivity index is 1.74. The number of nitrogens with two attached hydrogens (primary N) is 1. The topological polar surface area (TPSA) is 29.3 Å². The van der Waals surface area contributed by atoms with Gasteiger partial charge in [0, 0.05) is 12.1 Å². The Labute approximate surface area is 107 Å². The summed E-state index contributed by atoms with van der Waals surface area (Å²) in [6.07, 6.45) is 11.0. The van der Waals surface area contributed by atoms with Gasteiger partial charge in [-0.25, -0.2) is 0 Å². The van der Waals surface area contributed by atoms with E-state index >= 15 is 0 Å². The molecule has 0 bridgehead atoms. The minimum Gasteiger partial charge on any atom is -0.327 e. The van der Waals surface area contributed by atoms with Crippen LogP contribution < -0.4 is 5.73 Å². The van der Waals surface area contributed by atoms with E-state index in [2.05, 4.69) is 18.9 Å². The van der Waals surface area contributed by atoms with Crippen LogP contribution in [0, 0.1) is 11.8 Å². The van der Waals surface area contributed by atoms with Crippen LogP contribution >= 0.6 is 0 Å². The summed E-state index contributed by atoms with van der Waals surface area (Å²) in [4.78, 5) is 2.62. The summed E-state index contributed by atoms with van der Waals surface area (Å²) < 4.78 is 0. The van der Waals surface area contributed by atoms with Gasteiger partial charge >= 0.3 is 0 Å². The van der Waals surface area contributed by atoms with Crippen molar-refractivity contribution in [2.45, 2.75) is 70.4 Å². The number of hydrogen-bond acceptors (Lipinski definition) is 2. The van der Waals surface area contributed by atoms with Crippen LogP contribution in [0.1, 0.15) is 58.3 Å². The standard InChI is InChI=1S/C15H30N2/c1-12-6-3-4-9-15(12)17(2)11-10-13-7-5-8-14(13)16/h12-15H,3-11,16H2,1-2H3. The number of rotatable bonds is 4. The molecule has 2 heteroatoms. The fourth-order valence-electron chi connectivity index (χ4n) is 3.91. The second-order valence-electron chi connectivity index (χ2n) is 6.45. The third-order valence-electron chi connectivity index (χ3n) is 5.20. The smallest absolute Gasteiger partial charge is 0.0118 e. The summed E-state index contributed by atoms with van der Waals surface area (Å²) in [5, 5.41) is 0. The van der Waals surface area contributed by atoms with Crippen LogP contribution in [0.15, 0.2) is 0 Å². The minimum atomic E-state index is 0.493. The monoisotopic (exact) mass is 238 g/mol. The van der Waals surface area contributed by atoms with Gasteiger partial charge in [0.25, 0.3) is 0 Å². The summed E-state index contributed by atoms with van der Waals surface area (Å²) in [5.41, 5.74) is 6.15. The molecule has 2 fully saturated rings. The Hall–Kier alpha value is -0.0800. The maximum atomic E-state index is 6.15. The van der Waals surface area contributed by atoms with Gasteiger partial charge in [-0.3, -0.25) is 0 Å². The Bertz CT molecular complexity index is 229. The molecule has 17 heavy (non-hydrogen) atoms. The lowest BCUT2D eigenvalue weighted by atomic mass is 9.85. The maximum absolute atomic E-state index is 6.15. The van der Waals surface area contributed by atoms with E-state index in [0.29, 0.717) is 6.04 Å². The van der Waals surface area contributed by atoms with Gasteiger partial charge < -0.3 is 10.6 Å². The van der Waals surface area contributed by atoms with E-state index < -0.39 is 0 Å². The fraction of sp³-hybridized carbons (Fsp3) is 1.00. The summed E-state index contributed by atoms with van der Waals surface area (Å²) in [7, 11) is 2.33. The number of hydrogen-bond donors (Lipinski definition) is 1. The first-order valence-electron chi connectivity index (χ1n) is 7.64. The van der Waals surface area contributed by atoms with E-state index in [4.69, 9.17) is 5.73 Å². The van der Waals surface area contributed by atoms with Crippen LogP contribution in [0.25, 0.3) is 0 Å². The quantitative estimate of drug-likeness (QED) is 0.816. The highest BCUT2D eigenvalue weighted by atomic mass is 15.1. The molecule has 2 aliphatic rings. The minimum absolute atomic E-state index is 0.493. The average molecular weight is 238 g/mol. The van der Waals surface area contributed by atoms with Crippen molar-refractivity contribution in [1.82, 2.24) is 4.90 Å². The number of nitrogens with zero attached hydrogens (tertiary/aromatic N) is 1. The molecular weight excluding hydrogens is 208 g/mol. The molecule has 0 heterocycles. The van der Waals surface area contributed by atoms with Crippen LogP contribution in [0.3, 0.4) is 0 Å². The van der Waals surface area contributed by atoms with Crippen molar-refractivity contribution >= 4 is 0 Å². The molecule has 4 atom stereocenters. The summed E-state index contributed by atoms with van der Waals surface area (Å²) in [6, 6.07) is 1.33. The molecule has 2 nitrogen and oxygen atoms in total. The second-order valence-corrected chi connectivity index (χ2v) is 6.45. The zero-order valence-corrected chi connectivity index (χ0v) is 11.7. The molecule has 0 aromatic heterocycles. The lowest BCUT2D eigenvalue weighted by molar-refractivity contribution is 0.131. The highest BCUT2D eigenvalue weighted by molar-refractivity contribution is 4.83. The Morgan fingerprint density at radius 2 is 1.82 bits per heavy atom. The predicted molar refractivity (Wildman–Crippen MR) is 74.0 cm³/mol. The third-order valence-corrected chi connectivity index (χ3v) is 5.20. The van der Waals surface area contributed by atoms with Gasteiger partial charge in [0.2, 0.25) is 0 Å². The Kier molecular flexibility index (Phi) is 4.87. The molecular formula is C15H30N2. The first-order valence-corrected chi connectivity index (χ1v) is 7.64. The summed E-state index contributed by atoms with van der Waals surface area (Å²) >= 11 is 0. The van der Waals surface area contributed by atoms with E-state index in [-0.39, 0.29) is 0 Å². The van der Waals surface area contributed by atoms with Crippen molar-refractivity contribution in [2.75, 3.05) is 13.6 Å². The van der Waals surface area contributed by atoms with Crippen molar-refractivity contribution in [2.24, 2.45) is 17.6 Å². The molecule has 2 N–H and O–H groups in total. The lowest BCUT2D eigenvalue weighted by Gasteiger charge is -2.37. The fourth-order valence-corrected chi connectivity index (χ4v) is 3.91. The second kappa shape index (κ2) is 6.19. The van der Waals surface area contributed by atoms with Gasteiger partial charge in [-0.05, 0) is 57.5 Å². The Morgan fingerprint density at radius 3 is 2.47 bits per heavy atom. The molecule has 0 spiro atoms. The van der Waals surface area contributed by atoms with E-state index in [1.165, 1.54) is 57.9 Å². The Morgan fingerprint density at radius 1 is 1.06 bits per heavy atom. The molecule has 0 amide bonds. The van der Waals surface area contributed by atoms with E-state index in [0.717, 1.165) is 17.9 Å². The van der Waals surface area contributed by atoms with Gasteiger partial charge in [0.15, 0.2) is 0 Å². The van der Waals surface area contributed by atoms with Gasteiger partial charge in [-0.1, -0.05) is 26.2 Å². The normalized spacial score (nSPS) is 38.8. The maximum Gasteiger partial charge on any atom is 0.0118 e. The van der Waals surface area contributed by atoms with Crippen LogP contribution in [0.4, 0.5) is 0 Å². The molecule has 0 saturated heterocycles. The van der Waals surface area contributed by atoms with Crippen LogP contribution in [0.5, 0.6) is 0 Å².